The zero-order valence-corrected chi connectivity index (χ0v) is 17.2. The van der Waals surface area contributed by atoms with Gasteiger partial charge in [0.25, 0.3) is 0 Å². The molecule has 0 aliphatic heterocycles. The van der Waals surface area contributed by atoms with E-state index < -0.39 is 5.82 Å². The van der Waals surface area contributed by atoms with E-state index in [1.165, 1.54) is 6.07 Å². The van der Waals surface area contributed by atoms with E-state index >= 15 is 0 Å². The summed E-state index contributed by atoms with van der Waals surface area (Å²) in [5.74, 6) is -0.459. The maximum absolute atomic E-state index is 14.2. The molecule has 0 aliphatic carbocycles. The van der Waals surface area contributed by atoms with E-state index in [9.17, 15) is 14.3 Å². The molecule has 28 heavy (non-hydrogen) atoms. The van der Waals surface area contributed by atoms with E-state index in [0.717, 1.165) is 5.56 Å². The van der Waals surface area contributed by atoms with Gasteiger partial charge in [0.15, 0.2) is 5.43 Å². The molecule has 0 amide bonds. The van der Waals surface area contributed by atoms with Crippen molar-refractivity contribution in [2.75, 3.05) is 6.61 Å². The van der Waals surface area contributed by atoms with Gasteiger partial charge in [0.2, 0.25) is 0 Å². The number of hydrogen-bond donors (Lipinski definition) is 1. The van der Waals surface area contributed by atoms with E-state index in [0.29, 0.717) is 22.2 Å². The first-order chi connectivity index (χ1) is 13.1. The molecule has 1 N–H and O–H groups in total. The van der Waals surface area contributed by atoms with Gasteiger partial charge in [-0.1, -0.05) is 44.5 Å². The molecule has 3 rings (SSSR count). The molecular weight excluding hydrogens is 379 g/mol. The van der Waals surface area contributed by atoms with Gasteiger partial charge in [-0.2, -0.15) is 0 Å². The Hall–Kier alpha value is -2.24. The average Bonchev–Trinajstić information content (AvgIpc) is 2.62. The van der Waals surface area contributed by atoms with Crippen molar-refractivity contribution in [1.29, 1.82) is 0 Å². The number of pyridine rings is 2. The first kappa shape index (κ1) is 20.5. The van der Waals surface area contributed by atoms with Gasteiger partial charge in [-0.3, -0.25) is 4.79 Å². The van der Waals surface area contributed by atoms with Crippen molar-refractivity contribution in [2.24, 2.45) is 5.41 Å². The molecule has 0 fully saturated rings. The Balaban J connectivity index is 2.15. The minimum absolute atomic E-state index is 0.0698. The quantitative estimate of drug-likeness (QED) is 0.690. The summed E-state index contributed by atoms with van der Waals surface area (Å²) in [7, 11) is 0. The van der Waals surface area contributed by atoms with Crippen LogP contribution in [0.3, 0.4) is 0 Å². The van der Waals surface area contributed by atoms with Gasteiger partial charge in [0.05, 0.1) is 23.1 Å². The van der Waals surface area contributed by atoms with Gasteiger partial charge in [-0.15, -0.1) is 0 Å². The lowest BCUT2D eigenvalue weighted by molar-refractivity contribution is 0.139. The van der Waals surface area contributed by atoms with Crippen molar-refractivity contribution in [3.05, 3.63) is 74.4 Å². The Kier molecular flexibility index (Phi) is 5.60. The van der Waals surface area contributed by atoms with Crippen LogP contribution in [0, 0.1) is 18.2 Å². The van der Waals surface area contributed by atoms with Crippen LogP contribution >= 0.6 is 11.6 Å². The van der Waals surface area contributed by atoms with Crippen molar-refractivity contribution in [3.63, 3.8) is 0 Å². The molecule has 0 saturated carbocycles. The largest absolute Gasteiger partial charge is 0.394 e. The Bertz CT molecular complexity index is 1090. The summed E-state index contributed by atoms with van der Waals surface area (Å²) in [6, 6.07) is 6.38. The number of benzene rings is 1. The molecule has 4 nitrogen and oxygen atoms in total. The first-order valence-corrected chi connectivity index (χ1v) is 9.55. The Morgan fingerprint density at radius 3 is 2.68 bits per heavy atom. The predicted molar refractivity (Wildman–Crippen MR) is 111 cm³/mol. The van der Waals surface area contributed by atoms with E-state index in [4.69, 9.17) is 11.6 Å². The van der Waals surface area contributed by atoms with Crippen molar-refractivity contribution >= 4 is 22.6 Å². The van der Waals surface area contributed by atoms with Crippen molar-refractivity contribution < 1.29 is 9.50 Å². The molecule has 0 aliphatic rings. The lowest BCUT2D eigenvalue weighted by Gasteiger charge is -2.32. The van der Waals surface area contributed by atoms with Gasteiger partial charge in [0, 0.05) is 24.4 Å². The maximum Gasteiger partial charge on any atom is 0.193 e. The zero-order chi connectivity index (χ0) is 20.6. The van der Waals surface area contributed by atoms with Crippen LogP contribution in [0.2, 0.25) is 5.02 Å². The fourth-order valence-corrected chi connectivity index (χ4v) is 3.63. The second kappa shape index (κ2) is 7.64. The van der Waals surface area contributed by atoms with Crippen LogP contribution in [0.1, 0.15) is 43.5 Å². The summed E-state index contributed by atoms with van der Waals surface area (Å²) in [5.41, 5.74) is 1.91. The Morgan fingerprint density at radius 2 is 2.04 bits per heavy atom. The fraction of sp³-hybridized carbons (Fsp3) is 0.364. The standard InChI is InChI=1S/C22H24ClFN2O2/c1-13-11-26(18(12-27)22(2,3)4)21-16(20(13)28)9-14(10-25-21)8-15-6-5-7-17(23)19(15)24/h5-7,9-11,18,27H,8,12H2,1-4H3/t18-/m1/s1. The molecular formula is C22H24ClFN2O2. The predicted octanol–water partition coefficient (Wildman–Crippen LogP) is 4.67. The smallest absolute Gasteiger partial charge is 0.193 e. The normalized spacial score (nSPS) is 13.1. The zero-order valence-electron chi connectivity index (χ0n) is 16.5. The number of nitrogens with zero attached hydrogens (tertiary/aromatic N) is 2. The fourth-order valence-electron chi connectivity index (χ4n) is 3.43. The van der Waals surface area contributed by atoms with E-state index in [2.05, 4.69) is 4.98 Å². The van der Waals surface area contributed by atoms with Crippen LogP contribution in [-0.2, 0) is 6.42 Å². The number of rotatable bonds is 4. The number of fused-ring (bicyclic) bond motifs is 1. The third-order valence-corrected chi connectivity index (χ3v) is 5.33. The summed E-state index contributed by atoms with van der Waals surface area (Å²) in [4.78, 5) is 17.3. The van der Waals surface area contributed by atoms with Crippen molar-refractivity contribution in [1.82, 2.24) is 9.55 Å². The monoisotopic (exact) mass is 402 g/mol. The molecule has 0 unspecified atom stereocenters. The molecule has 0 spiro atoms. The molecule has 148 valence electrons. The lowest BCUT2D eigenvalue weighted by Crippen LogP contribution is -2.29. The van der Waals surface area contributed by atoms with Gasteiger partial charge in [-0.05, 0) is 35.6 Å². The summed E-state index contributed by atoms with van der Waals surface area (Å²) < 4.78 is 16.1. The number of aryl methyl sites for hydroxylation is 1. The Labute approximate surface area is 168 Å². The molecule has 2 heterocycles. The average molecular weight is 403 g/mol. The lowest BCUT2D eigenvalue weighted by atomic mass is 9.86. The molecule has 0 saturated heterocycles. The van der Waals surface area contributed by atoms with Crippen LogP contribution in [0.25, 0.3) is 11.0 Å². The highest BCUT2D eigenvalue weighted by Crippen LogP contribution is 2.32. The number of aromatic nitrogens is 2. The topological polar surface area (TPSA) is 55.1 Å². The second-order valence-electron chi connectivity index (χ2n) is 8.22. The number of halogens is 2. The highest BCUT2D eigenvalue weighted by molar-refractivity contribution is 6.30. The van der Waals surface area contributed by atoms with Crippen molar-refractivity contribution in [2.45, 2.75) is 40.2 Å². The Morgan fingerprint density at radius 1 is 1.32 bits per heavy atom. The van der Waals surface area contributed by atoms with Crippen LogP contribution in [0.5, 0.6) is 0 Å². The third-order valence-electron chi connectivity index (χ3n) is 5.04. The van der Waals surface area contributed by atoms with E-state index in [1.807, 2.05) is 25.3 Å². The molecule has 0 radical (unpaired) electrons. The SMILES string of the molecule is Cc1cn([C@H](CO)C(C)(C)C)c2ncc(Cc3cccc(Cl)c3F)cc2c1=O. The summed E-state index contributed by atoms with van der Waals surface area (Å²) in [6.45, 7) is 7.77. The minimum atomic E-state index is -0.459. The van der Waals surface area contributed by atoms with Gasteiger partial charge < -0.3 is 9.67 Å². The number of aliphatic hydroxyl groups is 1. The van der Waals surface area contributed by atoms with Gasteiger partial charge in [-0.25, -0.2) is 9.37 Å². The highest BCUT2D eigenvalue weighted by atomic mass is 35.5. The first-order valence-electron chi connectivity index (χ1n) is 9.17. The molecule has 2 aromatic heterocycles. The molecule has 1 aromatic carbocycles. The summed E-state index contributed by atoms with van der Waals surface area (Å²) in [5, 5.41) is 10.5. The van der Waals surface area contributed by atoms with Crippen molar-refractivity contribution in [3.8, 4) is 0 Å². The van der Waals surface area contributed by atoms with Crippen LogP contribution in [0.4, 0.5) is 4.39 Å². The maximum atomic E-state index is 14.2. The summed E-state index contributed by atoms with van der Waals surface area (Å²) in [6.07, 6.45) is 3.68. The summed E-state index contributed by atoms with van der Waals surface area (Å²) >= 11 is 5.87. The van der Waals surface area contributed by atoms with E-state index in [1.54, 1.807) is 37.5 Å². The molecule has 3 aromatic rings. The van der Waals surface area contributed by atoms with Crippen LogP contribution in [-0.4, -0.2) is 21.3 Å². The molecule has 0 bridgehead atoms. The second-order valence-corrected chi connectivity index (χ2v) is 8.62. The molecule has 6 heteroatoms. The number of hydrogen-bond acceptors (Lipinski definition) is 3. The minimum Gasteiger partial charge on any atom is -0.394 e. The van der Waals surface area contributed by atoms with Crippen LogP contribution in [0.15, 0.2) is 41.5 Å². The van der Waals surface area contributed by atoms with Crippen LogP contribution < -0.4 is 5.43 Å². The van der Waals surface area contributed by atoms with E-state index in [-0.39, 0.29) is 34.9 Å². The number of aliphatic hydroxyl groups excluding tert-OH is 1. The van der Waals surface area contributed by atoms with Gasteiger partial charge in [0.1, 0.15) is 11.5 Å². The molecule has 1 atom stereocenters. The van der Waals surface area contributed by atoms with Gasteiger partial charge >= 0.3 is 0 Å². The highest BCUT2D eigenvalue weighted by Gasteiger charge is 2.27. The third kappa shape index (κ3) is 3.82.